The van der Waals surface area contributed by atoms with Crippen molar-refractivity contribution in [3.8, 4) is 5.75 Å². The van der Waals surface area contributed by atoms with Crippen LogP contribution in [0.4, 0.5) is 13.2 Å². The third-order valence-electron chi connectivity index (χ3n) is 4.78. The Morgan fingerprint density at radius 2 is 1.84 bits per heavy atom. The molecule has 1 fully saturated rings. The van der Waals surface area contributed by atoms with Crippen LogP contribution in [-0.4, -0.2) is 62.9 Å². The maximum Gasteiger partial charge on any atom is 0.416 e. The maximum absolute atomic E-state index is 13.6. The molecule has 1 heterocycles. The van der Waals surface area contributed by atoms with Gasteiger partial charge in [-0.3, -0.25) is 9.89 Å². The van der Waals surface area contributed by atoms with Gasteiger partial charge in [0.1, 0.15) is 11.4 Å². The molecule has 9 heteroatoms. The van der Waals surface area contributed by atoms with E-state index in [9.17, 15) is 13.2 Å². The van der Waals surface area contributed by atoms with Crippen molar-refractivity contribution in [2.45, 2.75) is 51.9 Å². The second-order valence-electron chi connectivity index (χ2n) is 8.54. The Labute approximate surface area is 183 Å². The van der Waals surface area contributed by atoms with Crippen LogP contribution in [0.3, 0.4) is 0 Å². The lowest BCUT2D eigenvalue weighted by atomic mass is 10.1. The van der Waals surface area contributed by atoms with Gasteiger partial charge in [0.05, 0.1) is 18.8 Å². The number of ether oxygens (including phenoxy) is 2. The van der Waals surface area contributed by atoms with Gasteiger partial charge in [-0.2, -0.15) is 13.2 Å². The van der Waals surface area contributed by atoms with Crippen molar-refractivity contribution in [3.63, 3.8) is 0 Å². The van der Waals surface area contributed by atoms with Crippen LogP contribution in [0.2, 0.25) is 0 Å². The van der Waals surface area contributed by atoms with Gasteiger partial charge in [0.25, 0.3) is 0 Å². The zero-order valence-electron chi connectivity index (χ0n) is 18.9. The van der Waals surface area contributed by atoms with Crippen molar-refractivity contribution in [3.05, 3.63) is 29.3 Å². The van der Waals surface area contributed by atoms with Crippen molar-refractivity contribution < 1.29 is 22.6 Å². The molecule has 0 aliphatic carbocycles. The summed E-state index contributed by atoms with van der Waals surface area (Å²) in [7, 11) is 1.61. The summed E-state index contributed by atoms with van der Waals surface area (Å²) in [6.45, 7) is 10.7. The van der Waals surface area contributed by atoms with Crippen LogP contribution in [0.25, 0.3) is 0 Å². The molecular formula is C22H35F3N4O2. The van der Waals surface area contributed by atoms with E-state index in [1.165, 1.54) is 6.07 Å². The molecule has 0 spiro atoms. The largest absolute Gasteiger partial charge is 0.488 e. The van der Waals surface area contributed by atoms with E-state index in [4.69, 9.17) is 9.47 Å². The second kappa shape index (κ2) is 11.6. The average molecular weight is 445 g/mol. The number of alkyl halides is 3. The molecule has 31 heavy (non-hydrogen) atoms. The Kier molecular flexibility index (Phi) is 9.43. The highest BCUT2D eigenvalue weighted by molar-refractivity contribution is 5.79. The number of benzene rings is 1. The molecule has 0 bridgehead atoms. The summed E-state index contributed by atoms with van der Waals surface area (Å²) in [5.74, 6) is 0.681. The summed E-state index contributed by atoms with van der Waals surface area (Å²) in [5.41, 5.74) is -1.14. The highest BCUT2D eigenvalue weighted by atomic mass is 19.4. The number of nitrogens with one attached hydrogen (secondary N) is 2. The van der Waals surface area contributed by atoms with E-state index < -0.39 is 17.3 Å². The van der Waals surface area contributed by atoms with Gasteiger partial charge in [0, 0.05) is 33.2 Å². The van der Waals surface area contributed by atoms with Crippen LogP contribution >= 0.6 is 0 Å². The Hall–Kier alpha value is -2.00. The number of unbranched alkanes of at least 4 members (excludes halogenated alkanes) is 1. The monoisotopic (exact) mass is 444 g/mol. The number of rotatable bonds is 8. The fourth-order valence-corrected chi connectivity index (χ4v) is 3.28. The van der Waals surface area contributed by atoms with Crippen LogP contribution in [0.15, 0.2) is 23.2 Å². The Bertz CT molecular complexity index is 712. The van der Waals surface area contributed by atoms with Gasteiger partial charge in [-0.15, -0.1) is 0 Å². The van der Waals surface area contributed by atoms with E-state index in [0.29, 0.717) is 12.5 Å². The number of morpholine rings is 1. The zero-order valence-corrected chi connectivity index (χ0v) is 18.9. The van der Waals surface area contributed by atoms with E-state index in [0.717, 1.165) is 51.8 Å². The molecule has 0 atom stereocenters. The quantitative estimate of drug-likeness (QED) is 0.364. The van der Waals surface area contributed by atoms with Gasteiger partial charge < -0.3 is 20.1 Å². The van der Waals surface area contributed by atoms with Gasteiger partial charge in [0.2, 0.25) is 0 Å². The van der Waals surface area contributed by atoms with E-state index in [-0.39, 0.29) is 17.9 Å². The maximum atomic E-state index is 13.6. The molecule has 2 rings (SSSR count). The molecule has 0 saturated carbocycles. The Balaban J connectivity index is 1.84. The first-order chi connectivity index (χ1) is 14.6. The number of nitrogens with zero attached hydrogens (tertiary/aromatic N) is 2. The summed E-state index contributed by atoms with van der Waals surface area (Å²) in [4.78, 5) is 6.49. The molecule has 6 nitrogen and oxygen atoms in total. The van der Waals surface area contributed by atoms with Gasteiger partial charge >= 0.3 is 6.18 Å². The minimum Gasteiger partial charge on any atom is -0.488 e. The molecule has 0 amide bonds. The Morgan fingerprint density at radius 1 is 1.13 bits per heavy atom. The topological polar surface area (TPSA) is 58.1 Å². The molecule has 1 aromatic rings. The van der Waals surface area contributed by atoms with Crippen molar-refractivity contribution >= 4 is 5.96 Å². The first kappa shape index (κ1) is 25.3. The number of aliphatic imine (C=N–C) groups is 1. The predicted molar refractivity (Wildman–Crippen MR) is 117 cm³/mol. The molecule has 0 radical (unpaired) electrons. The van der Waals surface area contributed by atoms with Crippen LogP contribution < -0.4 is 15.4 Å². The molecule has 0 aromatic heterocycles. The van der Waals surface area contributed by atoms with Crippen molar-refractivity contribution in [2.75, 3.05) is 46.4 Å². The molecule has 0 unspecified atom stereocenters. The highest BCUT2D eigenvalue weighted by Crippen LogP contribution is 2.35. The van der Waals surface area contributed by atoms with Crippen molar-refractivity contribution in [1.82, 2.24) is 15.5 Å². The lowest BCUT2D eigenvalue weighted by Crippen LogP contribution is -2.39. The Morgan fingerprint density at radius 3 is 2.45 bits per heavy atom. The van der Waals surface area contributed by atoms with Gasteiger partial charge in [-0.1, -0.05) is 6.07 Å². The lowest BCUT2D eigenvalue weighted by molar-refractivity contribution is -0.138. The number of hydrogen-bond donors (Lipinski definition) is 2. The van der Waals surface area contributed by atoms with Crippen LogP contribution in [0, 0.1) is 0 Å². The van der Waals surface area contributed by atoms with Gasteiger partial charge in [0.15, 0.2) is 5.96 Å². The third kappa shape index (κ3) is 9.35. The van der Waals surface area contributed by atoms with Crippen molar-refractivity contribution in [2.24, 2.45) is 4.99 Å². The summed E-state index contributed by atoms with van der Waals surface area (Å²) in [6.07, 6.45) is -2.48. The normalized spacial score (nSPS) is 16.3. The third-order valence-corrected chi connectivity index (χ3v) is 4.78. The second-order valence-corrected chi connectivity index (χ2v) is 8.54. The van der Waals surface area contributed by atoms with Gasteiger partial charge in [-0.05, 0) is 57.9 Å². The summed E-state index contributed by atoms with van der Waals surface area (Å²) >= 11 is 0. The van der Waals surface area contributed by atoms with E-state index in [1.807, 2.05) is 0 Å². The van der Waals surface area contributed by atoms with E-state index in [1.54, 1.807) is 33.9 Å². The summed E-state index contributed by atoms with van der Waals surface area (Å²) in [6, 6.07) is 4.08. The number of halogens is 3. The molecule has 1 saturated heterocycles. The van der Waals surface area contributed by atoms with Crippen LogP contribution in [0.5, 0.6) is 5.75 Å². The fourth-order valence-electron chi connectivity index (χ4n) is 3.28. The van der Waals surface area contributed by atoms with E-state index in [2.05, 4.69) is 20.5 Å². The summed E-state index contributed by atoms with van der Waals surface area (Å²) in [5, 5.41) is 6.15. The van der Waals surface area contributed by atoms with Crippen LogP contribution in [-0.2, 0) is 17.5 Å². The predicted octanol–water partition coefficient (Wildman–Crippen LogP) is 3.66. The molecule has 1 aliphatic rings. The fraction of sp³-hybridized carbons (Fsp3) is 0.682. The molecule has 1 aliphatic heterocycles. The smallest absolute Gasteiger partial charge is 0.416 e. The molecule has 176 valence electrons. The minimum absolute atomic E-state index is 0.0120. The first-order valence-corrected chi connectivity index (χ1v) is 10.7. The SMILES string of the molecule is CN=C(NCCCCN1CCOCC1)NCc1ccc(OC(C)(C)C)cc1C(F)(F)F. The number of hydrogen-bond acceptors (Lipinski definition) is 4. The molecule has 2 N–H and O–H groups in total. The first-order valence-electron chi connectivity index (χ1n) is 10.7. The summed E-state index contributed by atoms with van der Waals surface area (Å²) < 4.78 is 51.6. The van der Waals surface area contributed by atoms with Gasteiger partial charge in [-0.25, -0.2) is 0 Å². The highest BCUT2D eigenvalue weighted by Gasteiger charge is 2.34. The standard InChI is InChI=1S/C22H35F3N4O2/c1-21(2,3)31-18-8-7-17(19(15-18)22(23,24)25)16-28-20(26-4)27-9-5-6-10-29-11-13-30-14-12-29/h7-8,15H,5-6,9-14,16H2,1-4H3,(H2,26,27,28). The lowest BCUT2D eigenvalue weighted by Gasteiger charge is -2.26. The minimum atomic E-state index is -4.47. The van der Waals surface area contributed by atoms with E-state index >= 15 is 0 Å². The number of guanidine groups is 1. The molecule has 1 aromatic carbocycles. The zero-order chi connectivity index (χ0) is 22.9. The molecular weight excluding hydrogens is 409 g/mol. The average Bonchev–Trinajstić information content (AvgIpc) is 2.69. The van der Waals surface area contributed by atoms with Crippen LogP contribution in [0.1, 0.15) is 44.7 Å². The van der Waals surface area contributed by atoms with Crippen molar-refractivity contribution in [1.29, 1.82) is 0 Å².